The van der Waals surface area contributed by atoms with E-state index in [1.54, 1.807) is 7.11 Å². The maximum absolute atomic E-state index is 10.6. The van der Waals surface area contributed by atoms with Crippen LogP contribution in [0.1, 0.15) is 26.7 Å². The van der Waals surface area contributed by atoms with Crippen molar-refractivity contribution < 1.29 is 9.53 Å². The van der Waals surface area contributed by atoms with Crippen LogP contribution in [0.25, 0.3) is 0 Å². The van der Waals surface area contributed by atoms with Crippen LogP contribution >= 0.6 is 0 Å². The van der Waals surface area contributed by atoms with E-state index in [-0.39, 0.29) is 11.9 Å². The molecule has 0 saturated carbocycles. The minimum absolute atomic E-state index is 0.0144. The van der Waals surface area contributed by atoms with Crippen molar-refractivity contribution in [2.24, 2.45) is 0 Å². The Morgan fingerprint density at radius 2 is 2.27 bits per heavy atom. The molecule has 1 unspecified atom stereocenters. The van der Waals surface area contributed by atoms with Gasteiger partial charge in [-0.2, -0.15) is 0 Å². The zero-order valence-electron chi connectivity index (χ0n) is 7.52. The molecule has 0 fully saturated rings. The fourth-order valence-corrected chi connectivity index (χ4v) is 1.03. The molecule has 0 radical (unpaired) electrons. The zero-order valence-corrected chi connectivity index (χ0v) is 7.52. The lowest BCUT2D eigenvalue weighted by molar-refractivity contribution is -0.120. The number of ether oxygens (including phenoxy) is 1. The number of amides is 1. The van der Waals surface area contributed by atoms with Crippen molar-refractivity contribution in [3.63, 3.8) is 0 Å². The van der Waals surface area contributed by atoms with Crippen molar-refractivity contribution in [1.29, 1.82) is 0 Å². The molecule has 0 aliphatic heterocycles. The first kappa shape index (κ1) is 10.4. The van der Waals surface area contributed by atoms with Gasteiger partial charge < -0.3 is 10.1 Å². The first-order valence-corrected chi connectivity index (χ1v) is 3.96. The third-order valence-corrected chi connectivity index (χ3v) is 1.41. The van der Waals surface area contributed by atoms with E-state index >= 15 is 0 Å². The summed E-state index contributed by atoms with van der Waals surface area (Å²) in [6.07, 6.45) is 2.04. The van der Waals surface area contributed by atoms with Crippen LogP contribution in [0.15, 0.2) is 0 Å². The lowest BCUT2D eigenvalue weighted by atomic mass is 10.2. The highest BCUT2D eigenvalue weighted by atomic mass is 16.5. The highest BCUT2D eigenvalue weighted by molar-refractivity contribution is 5.73. The fourth-order valence-electron chi connectivity index (χ4n) is 1.03. The van der Waals surface area contributed by atoms with Crippen molar-refractivity contribution in [3.8, 4) is 0 Å². The molecule has 3 heteroatoms. The molecule has 0 aromatic rings. The molecule has 1 N–H and O–H groups in total. The van der Waals surface area contributed by atoms with Crippen LogP contribution in [0.3, 0.4) is 0 Å². The molecule has 3 nitrogen and oxygen atoms in total. The van der Waals surface area contributed by atoms with Crippen LogP contribution < -0.4 is 5.32 Å². The van der Waals surface area contributed by atoms with E-state index < -0.39 is 0 Å². The second-order valence-corrected chi connectivity index (χ2v) is 2.64. The summed E-state index contributed by atoms with van der Waals surface area (Å²) < 4.78 is 4.94. The monoisotopic (exact) mass is 159 g/mol. The normalized spacial score (nSPS) is 12.6. The second-order valence-electron chi connectivity index (χ2n) is 2.64. The highest BCUT2D eigenvalue weighted by Gasteiger charge is 2.06. The molecule has 0 spiro atoms. The molecule has 1 atom stereocenters. The van der Waals surface area contributed by atoms with Crippen LogP contribution in [0.2, 0.25) is 0 Å². The van der Waals surface area contributed by atoms with Crippen molar-refractivity contribution in [1.82, 2.24) is 5.32 Å². The lowest BCUT2D eigenvalue weighted by Crippen LogP contribution is -2.36. The number of carbonyl (C=O) groups excluding carboxylic acids is 1. The molecular weight excluding hydrogens is 142 g/mol. The number of methoxy groups -OCH3 is 1. The van der Waals surface area contributed by atoms with Gasteiger partial charge in [0.1, 0.15) is 0 Å². The molecule has 0 rings (SSSR count). The van der Waals surface area contributed by atoms with Gasteiger partial charge in [0.2, 0.25) is 5.91 Å². The van der Waals surface area contributed by atoms with Gasteiger partial charge >= 0.3 is 0 Å². The highest BCUT2D eigenvalue weighted by Crippen LogP contribution is 1.96. The smallest absolute Gasteiger partial charge is 0.217 e. The Hall–Kier alpha value is -0.570. The van der Waals surface area contributed by atoms with Crippen molar-refractivity contribution >= 4 is 5.91 Å². The van der Waals surface area contributed by atoms with E-state index in [0.29, 0.717) is 6.61 Å². The van der Waals surface area contributed by atoms with Crippen molar-refractivity contribution in [3.05, 3.63) is 0 Å². The Balaban J connectivity index is 3.59. The number of hydrogen-bond donors (Lipinski definition) is 1. The molecule has 0 aromatic carbocycles. The third-order valence-electron chi connectivity index (χ3n) is 1.41. The summed E-state index contributed by atoms with van der Waals surface area (Å²) in [6, 6.07) is 0.183. The molecule has 0 bridgehead atoms. The van der Waals surface area contributed by atoms with Gasteiger partial charge in [-0.05, 0) is 6.42 Å². The molecule has 0 saturated heterocycles. The van der Waals surface area contributed by atoms with Gasteiger partial charge in [0.25, 0.3) is 0 Å². The van der Waals surface area contributed by atoms with Gasteiger partial charge in [-0.25, -0.2) is 0 Å². The summed E-state index contributed by atoms with van der Waals surface area (Å²) in [7, 11) is 1.64. The lowest BCUT2D eigenvalue weighted by Gasteiger charge is -2.15. The number of hydrogen-bond acceptors (Lipinski definition) is 2. The summed E-state index contributed by atoms with van der Waals surface area (Å²) in [5.74, 6) is 0.0144. The molecule has 0 aliphatic carbocycles. The molecule has 0 heterocycles. The van der Waals surface area contributed by atoms with Gasteiger partial charge in [-0.1, -0.05) is 13.3 Å². The Kier molecular flexibility index (Phi) is 5.84. The predicted molar refractivity (Wildman–Crippen MR) is 44.4 cm³/mol. The maximum Gasteiger partial charge on any atom is 0.217 e. The van der Waals surface area contributed by atoms with Gasteiger partial charge in [-0.15, -0.1) is 0 Å². The SMILES string of the molecule is CCCC(COC)NC(C)=O. The first-order chi connectivity index (χ1) is 5.20. The van der Waals surface area contributed by atoms with Crippen LogP contribution in [0.4, 0.5) is 0 Å². The summed E-state index contributed by atoms with van der Waals surface area (Å²) in [5.41, 5.74) is 0. The van der Waals surface area contributed by atoms with Gasteiger partial charge in [0, 0.05) is 14.0 Å². The Bertz CT molecular complexity index is 109. The fraction of sp³-hybridized carbons (Fsp3) is 0.875. The first-order valence-electron chi connectivity index (χ1n) is 3.96. The third kappa shape index (κ3) is 5.85. The van der Waals surface area contributed by atoms with Gasteiger partial charge in [0.05, 0.1) is 12.6 Å². The molecule has 11 heavy (non-hydrogen) atoms. The van der Waals surface area contributed by atoms with E-state index in [4.69, 9.17) is 4.74 Å². The predicted octanol–water partition coefficient (Wildman–Crippen LogP) is 0.938. The molecular formula is C8H17NO2. The van der Waals surface area contributed by atoms with Crippen LogP contribution in [0.5, 0.6) is 0 Å². The summed E-state index contributed by atoms with van der Waals surface area (Å²) >= 11 is 0. The molecule has 1 amide bonds. The van der Waals surface area contributed by atoms with E-state index in [1.165, 1.54) is 6.92 Å². The van der Waals surface area contributed by atoms with E-state index in [0.717, 1.165) is 12.8 Å². The molecule has 66 valence electrons. The van der Waals surface area contributed by atoms with Crippen molar-refractivity contribution in [2.45, 2.75) is 32.7 Å². The number of carbonyl (C=O) groups is 1. The summed E-state index contributed by atoms with van der Waals surface area (Å²) in [6.45, 7) is 4.22. The van der Waals surface area contributed by atoms with Crippen molar-refractivity contribution in [2.75, 3.05) is 13.7 Å². The van der Waals surface area contributed by atoms with E-state index in [9.17, 15) is 4.79 Å². The average Bonchev–Trinajstić information content (AvgIpc) is 1.87. The molecule has 0 aliphatic rings. The average molecular weight is 159 g/mol. The number of nitrogens with one attached hydrogen (secondary N) is 1. The Labute approximate surface area is 68.1 Å². The van der Waals surface area contributed by atoms with Gasteiger partial charge in [0.15, 0.2) is 0 Å². The summed E-state index contributed by atoms with van der Waals surface area (Å²) in [5, 5.41) is 2.82. The van der Waals surface area contributed by atoms with Crippen LogP contribution in [-0.2, 0) is 9.53 Å². The maximum atomic E-state index is 10.6. The van der Waals surface area contributed by atoms with Gasteiger partial charge in [-0.3, -0.25) is 4.79 Å². The minimum Gasteiger partial charge on any atom is -0.383 e. The second kappa shape index (κ2) is 6.16. The summed E-state index contributed by atoms with van der Waals surface area (Å²) in [4.78, 5) is 10.6. The topological polar surface area (TPSA) is 38.3 Å². The zero-order chi connectivity index (χ0) is 8.69. The number of rotatable bonds is 5. The molecule has 0 aromatic heterocycles. The Morgan fingerprint density at radius 3 is 2.64 bits per heavy atom. The largest absolute Gasteiger partial charge is 0.383 e. The van der Waals surface area contributed by atoms with Crippen LogP contribution in [-0.4, -0.2) is 25.7 Å². The standard InChI is InChI=1S/C8H17NO2/c1-4-5-8(6-11-3)9-7(2)10/h8H,4-6H2,1-3H3,(H,9,10). The van der Waals surface area contributed by atoms with Crippen LogP contribution in [0, 0.1) is 0 Å². The Morgan fingerprint density at radius 1 is 1.64 bits per heavy atom. The quantitative estimate of drug-likeness (QED) is 0.648. The van der Waals surface area contributed by atoms with E-state index in [2.05, 4.69) is 12.2 Å². The minimum atomic E-state index is 0.0144. The van der Waals surface area contributed by atoms with E-state index in [1.807, 2.05) is 0 Å².